The van der Waals surface area contributed by atoms with Gasteiger partial charge in [-0.25, -0.2) is 0 Å². The quantitative estimate of drug-likeness (QED) is 0.595. The van der Waals surface area contributed by atoms with Crippen LogP contribution in [0.25, 0.3) is 0 Å². The molecule has 20 heavy (non-hydrogen) atoms. The molecule has 112 valence electrons. The highest BCUT2D eigenvalue weighted by Crippen LogP contribution is 2.31. The Morgan fingerprint density at radius 2 is 2.15 bits per heavy atom. The second-order valence-corrected chi connectivity index (χ2v) is 6.65. The Bertz CT molecular complexity index is 394. The first-order valence-corrected chi connectivity index (χ1v) is 8.69. The topological polar surface area (TPSA) is 47.3 Å². The summed E-state index contributed by atoms with van der Waals surface area (Å²) in [6, 6.07) is 8.44. The van der Waals surface area contributed by atoms with Gasteiger partial charge in [0, 0.05) is 11.0 Å². The highest BCUT2D eigenvalue weighted by molar-refractivity contribution is 7.99. The van der Waals surface area contributed by atoms with Gasteiger partial charge in [0.2, 0.25) is 0 Å². The zero-order valence-electron chi connectivity index (χ0n) is 12.3. The van der Waals surface area contributed by atoms with Crippen molar-refractivity contribution in [3.05, 3.63) is 29.8 Å². The lowest BCUT2D eigenvalue weighted by atomic mass is 10.0. The Labute approximate surface area is 126 Å². The maximum atomic E-state index is 5.74. The van der Waals surface area contributed by atoms with Crippen LogP contribution in [0.4, 0.5) is 0 Å². The molecule has 3 N–H and O–H groups in total. The van der Waals surface area contributed by atoms with Gasteiger partial charge in [-0.3, -0.25) is 11.3 Å². The summed E-state index contributed by atoms with van der Waals surface area (Å²) in [5.41, 5.74) is 4.16. The molecule has 1 unspecified atom stereocenters. The summed E-state index contributed by atoms with van der Waals surface area (Å²) in [4.78, 5) is 0. The molecule has 1 aromatic rings. The number of hydrogen-bond acceptors (Lipinski definition) is 4. The van der Waals surface area contributed by atoms with E-state index in [1.54, 1.807) is 0 Å². The largest absolute Gasteiger partial charge is 0.494 e. The first-order chi connectivity index (χ1) is 9.83. The van der Waals surface area contributed by atoms with Gasteiger partial charge in [-0.15, -0.1) is 0 Å². The van der Waals surface area contributed by atoms with E-state index in [0.717, 1.165) is 16.8 Å². The summed E-state index contributed by atoms with van der Waals surface area (Å²) in [5, 5.41) is 0.815. The van der Waals surface area contributed by atoms with Gasteiger partial charge in [-0.2, -0.15) is 11.8 Å². The molecule has 0 spiro atoms. The molecule has 0 aromatic heterocycles. The fourth-order valence-corrected chi connectivity index (χ4v) is 4.11. The lowest BCUT2D eigenvalue weighted by Gasteiger charge is -2.24. The summed E-state index contributed by atoms with van der Waals surface area (Å²) in [7, 11) is 0. The molecule has 3 nitrogen and oxygen atoms in total. The average Bonchev–Trinajstić information content (AvgIpc) is 2.50. The highest BCUT2D eigenvalue weighted by Gasteiger charge is 2.17. The molecule has 2 rings (SSSR count). The predicted octanol–water partition coefficient (Wildman–Crippen LogP) is 3.66. The van der Waals surface area contributed by atoms with Gasteiger partial charge >= 0.3 is 0 Å². The van der Waals surface area contributed by atoms with Crippen molar-refractivity contribution in [1.29, 1.82) is 0 Å². The van der Waals surface area contributed by atoms with Crippen LogP contribution in [-0.2, 0) is 0 Å². The molecular formula is C16H26N2OS. The van der Waals surface area contributed by atoms with Crippen LogP contribution in [0.3, 0.4) is 0 Å². The van der Waals surface area contributed by atoms with E-state index in [1.807, 2.05) is 19.1 Å². The summed E-state index contributed by atoms with van der Waals surface area (Å²) < 4.78 is 5.56. The van der Waals surface area contributed by atoms with Gasteiger partial charge in [0.15, 0.2) is 0 Å². The lowest BCUT2D eigenvalue weighted by molar-refractivity contribution is 0.339. The summed E-state index contributed by atoms with van der Waals surface area (Å²) >= 11 is 2.06. The first kappa shape index (κ1) is 15.7. The second kappa shape index (κ2) is 8.55. The van der Waals surface area contributed by atoms with E-state index in [9.17, 15) is 0 Å². The predicted molar refractivity (Wildman–Crippen MR) is 87.0 cm³/mol. The van der Waals surface area contributed by atoms with Crippen molar-refractivity contribution in [2.24, 2.45) is 5.84 Å². The van der Waals surface area contributed by atoms with Crippen LogP contribution < -0.4 is 16.0 Å². The van der Waals surface area contributed by atoms with Crippen molar-refractivity contribution in [1.82, 2.24) is 5.43 Å². The van der Waals surface area contributed by atoms with Crippen LogP contribution in [0.5, 0.6) is 5.75 Å². The Kier molecular flexibility index (Phi) is 6.70. The molecule has 0 aliphatic heterocycles. The van der Waals surface area contributed by atoms with Crippen LogP contribution >= 0.6 is 11.8 Å². The molecule has 0 amide bonds. The Balaban J connectivity index is 1.91. The molecule has 1 aliphatic carbocycles. The molecule has 0 bridgehead atoms. The van der Waals surface area contributed by atoms with Crippen molar-refractivity contribution in [2.75, 3.05) is 12.4 Å². The third kappa shape index (κ3) is 4.69. The number of rotatable bonds is 7. The molecule has 0 saturated heterocycles. The van der Waals surface area contributed by atoms with Gasteiger partial charge in [0.1, 0.15) is 5.75 Å². The van der Waals surface area contributed by atoms with E-state index < -0.39 is 0 Å². The molecule has 1 saturated carbocycles. The van der Waals surface area contributed by atoms with Crippen molar-refractivity contribution < 1.29 is 4.74 Å². The number of hydrazine groups is 1. The normalized spacial score (nSPS) is 17.9. The van der Waals surface area contributed by atoms with Crippen LogP contribution in [-0.4, -0.2) is 17.6 Å². The first-order valence-electron chi connectivity index (χ1n) is 7.64. The van der Waals surface area contributed by atoms with Crippen LogP contribution in [0, 0.1) is 0 Å². The highest BCUT2D eigenvalue weighted by atomic mass is 32.2. The fourth-order valence-electron chi connectivity index (χ4n) is 2.69. The number of benzene rings is 1. The van der Waals surface area contributed by atoms with Gasteiger partial charge in [0.25, 0.3) is 0 Å². The van der Waals surface area contributed by atoms with Crippen molar-refractivity contribution in [3.63, 3.8) is 0 Å². The average molecular weight is 294 g/mol. The minimum absolute atomic E-state index is 0.197. The smallest absolute Gasteiger partial charge is 0.119 e. The minimum atomic E-state index is 0.197. The lowest BCUT2D eigenvalue weighted by Crippen LogP contribution is -2.30. The number of thioether (sulfide) groups is 1. The number of nitrogens with two attached hydrogens (primary N) is 1. The van der Waals surface area contributed by atoms with E-state index >= 15 is 0 Å². The second-order valence-electron chi connectivity index (χ2n) is 5.32. The maximum Gasteiger partial charge on any atom is 0.119 e. The molecule has 1 fully saturated rings. The van der Waals surface area contributed by atoms with Crippen molar-refractivity contribution in [3.8, 4) is 5.75 Å². The van der Waals surface area contributed by atoms with Crippen LogP contribution in [0.15, 0.2) is 24.3 Å². The Hall–Kier alpha value is -0.710. The molecule has 1 atom stereocenters. The number of ether oxygens (including phenoxy) is 1. The van der Waals surface area contributed by atoms with Crippen molar-refractivity contribution >= 4 is 11.8 Å². The molecular weight excluding hydrogens is 268 g/mol. The van der Waals surface area contributed by atoms with Crippen molar-refractivity contribution in [2.45, 2.75) is 50.3 Å². The SMILES string of the molecule is CCOc1cccc(C(CSC2CCCCC2)NN)c1. The molecule has 1 aromatic carbocycles. The van der Waals surface area contributed by atoms with Gasteiger partial charge in [-0.05, 0) is 37.5 Å². The summed E-state index contributed by atoms with van der Waals surface area (Å²) in [6.07, 6.45) is 6.91. The van der Waals surface area contributed by atoms with E-state index in [-0.39, 0.29) is 6.04 Å². The molecule has 0 radical (unpaired) electrons. The maximum absolute atomic E-state index is 5.74. The zero-order valence-corrected chi connectivity index (χ0v) is 13.1. The van der Waals surface area contributed by atoms with E-state index in [2.05, 4.69) is 29.3 Å². The van der Waals surface area contributed by atoms with Crippen LogP contribution in [0.1, 0.15) is 50.6 Å². The Morgan fingerprint density at radius 3 is 2.85 bits per heavy atom. The zero-order chi connectivity index (χ0) is 14.2. The summed E-state index contributed by atoms with van der Waals surface area (Å²) in [5.74, 6) is 7.69. The Morgan fingerprint density at radius 1 is 1.35 bits per heavy atom. The molecule has 4 heteroatoms. The van der Waals surface area contributed by atoms with E-state index in [1.165, 1.54) is 37.7 Å². The third-order valence-electron chi connectivity index (χ3n) is 3.82. The van der Waals surface area contributed by atoms with Gasteiger partial charge in [0.05, 0.1) is 12.6 Å². The molecule has 0 heterocycles. The standard InChI is InChI=1S/C16H26N2OS/c1-2-19-14-8-6-7-13(11-14)16(18-17)12-20-15-9-4-3-5-10-15/h6-8,11,15-16,18H,2-5,9-10,12,17H2,1H3. The van der Waals surface area contributed by atoms with E-state index in [0.29, 0.717) is 6.61 Å². The fraction of sp³-hybridized carbons (Fsp3) is 0.625. The third-order valence-corrected chi connectivity index (χ3v) is 5.29. The van der Waals surface area contributed by atoms with E-state index in [4.69, 9.17) is 10.6 Å². The van der Waals surface area contributed by atoms with Gasteiger partial charge in [-0.1, -0.05) is 31.4 Å². The number of nitrogens with one attached hydrogen (secondary N) is 1. The minimum Gasteiger partial charge on any atom is -0.494 e. The monoisotopic (exact) mass is 294 g/mol. The van der Waals surface area contributed by atoms with Gasteiger partial charge < -0.3 is 4.74 Å². The number of hydrogen-bond donors (Lipinski definition) is 2. The van der Waals surface area contributed by atoms with Crippen LogP contribution in [0.2, 0.25) is 0 Å². The molecule has 1 aliphatic rings. The summed E-state index contributed by atoms with van der Waals surface area (Å²) in [6.45, 7) is 2.70.